The summed E-state index contributed by atoms with van der Waals surface area (Å²) in [6.45, 7) is 7.45. The summed E-state index contributed by atoms with van der Waals surface area (Å²) in [5, 5.41) is 10.9. The van der Waals surface area contributed by atoms with Gasteiger partial charge in [0.2, 0.25) is 5.82 Å². The first-order valence-electron chi connectivity index (χ1n) is 9.97. The molecule has 3 heterocycles. The number of rotatable bonds is 9. The summed E-state index contributed by atoms with van der Waals surface area (Å²) in [5.74, 6) is 0.272. The Balaban J connectivity index is 1.68. The van der Waals surface area contributed by atoms with Gasteiger partial charge in [-0.1, -0.05) is 19.6 Å². The normalized spacial score (nSPS) is 18.5. The van der Waals surface area contributed by atoms with E-state index in [2.05, 4.69) is 34.9 Å². The molecule has 12 nitrogen and oxygen atoms in total. The van der Waals surface area contributed by atoms with Gasteiger partial charge in [0, 0.05) is 27.6 Å². The lowest BCUT2D eigenvalue weighted by molar-refractivity contribution is -0.122. The summed E-state index contributed by atoms with van der Waals surface area (Å²) in [6.07, 6.45) is -0.547. The molecule has 0 spiro atoms. The molecule has 3 rings (SSSR count). The van der Waals surface area contributed by atoms with E-state index in [4.69, 9.17) is 19.3 Å². The monoisotopic (exact) mass is 453 g/mol. The van der Waals surface area contributed by atoms with Crippen molar-refractivity contribution in [2.75, 3.05) is 42.8 Å². The molecule has 0 saturated carbocycles. The van der Waals surface area contributed by atoms with Crippen LogP contribution in [0.4, 0.5) is 21.2 Å². The first-order valence-corrected chi connectivity index (χ1v) is 13.7. The van der Waals surface area contributed by atoms with Gasteiger partial charge in [-0.2, -0.15) is 0 Å². The smallest absolute Gasteiger partial charge is 0.415 e. The van der Waals surface area contributed by atoms with Crippen LogP contribution in [0.2, 0.25) is 25.7 Å². The fourth-order valence-corrected chi connectivity index (χ4v) is 3.72. The Morgan fingerprint density at radius 2 is 2.16 bits per heavy atom. The number of ether oxygens (including phenoxy) is 3. The van der Waals surface area contributed by atoms with E-state index in [1.807, 2.05) is 0 Å². The van der Waals surface area contributed by atoms with Gasteiger partial charge in [-0.3, -0.25) is 14.6 Å². The molecule has 13 heteroatoms. The third kappa shape index (κ3) is 6.04. The zero-order valence-corrected chi connectivity index (χ0v) is 18.8. The summed E-state index contributed by atoms with van der Waals surface area (Å²) < 4.78 is 16.3. The van der Waals surface area contributed by atoms with Gasteiger partial charge in [0.1, 0.15) is 12.8 Å². The zero-order chi connectivity index (χ0) is 22.6. The van der Waals surface area contributed by atoms with Crippen LogP contribution in [0, 0.1) is 0 Å². The van der Waals surface area contributed by atoms with E-state index in [0.29, 0.717) is 13.0 Å². The number of hydrogen-bond donors (Lipinski definition) is 2. The van der Waals surface area contributed by atoms with Crippen molar-refractivity contribution in [1.29, 1.82) is 0 Å². The van der Waals surface area contributed by atoms with Gasteiger partial charge in [-0.15, -0.1) is 0 Å². The minimum atomic E-state index is -1.27. The Morgan fingerprint density at radius 1 is 1.39 bits per heavy atom. The van der Waals surface area contributed by atoms with Crippen molar-refractivity contribution in [3.05, 3.63) is 6.20 Å². The van der Waals surface area contributed by atoms with Gasteiger partial charge >= 0.3 is 12.2 Å². The molecule has 31 heavy (non-hydrogen) atoms. The molecule has 1 saturated heterocycles. The molecule has 1 aromatic rings. The SMILES string of the molecule is C[Si](C)(C)CCOCN1C(=O)COc2ncc(N3CC(CCNC(=O)O)OC3=O)nc21. The van der Waals surface area contributed by atoms with Crippen LogP contribution >= 0.6 is 0 Å². The first-order chi connectivity index (χ1) is 14.6. The van der Waals surface area contributed by atoms with Crippen LogP contribution < -0.4 is 19.9 Å². The summed E-state index contributed by atoms with van der Waals surface area (Å²) in [4.78, 5) is 46.5. The minimum absolute atomic E-state index is 0.0196. The van der Waals surface area contributed by atoms with Crippen LogP contribution in [0.3, 0.4) is 0 Å². The van der Waals surface area contributed by atoms with E-state index >= 15 is 0 Å². The lowest BCUT2D eigenvalue weighted by Crippen LogP contribution is -2.42. The van der Waals surface area contributed by atoms with Gasteiger partial charge in [0.05, 0.1) is 12.7 Å². The average Bonchev–Trinajstić information content (AvgIpc) is 3.05. The number of cyclic esters (lactones) is 1. The van der Waals surface area contributed by atoms with Crippen molar-refractivity contribution >= 4 is 37.8 Å². The van der Waals surface area contributed by atoms with E-state index in [9.17, 15) is 14.4 Å². The standard InChI is InChI=1S/C18H27N5O7Si/c1-31(2,3)7-6-28-11-23-14(24)10-29-16-15(23)21-13(8-20-16)22-9-12(30-18(22)27)4-5-19-17(25)26/h8,12,19H,4-7,9-11H2,1-3H3,(H,25,26). The van der Waals surface area contributed by atoms with Crippen molar-refractivity contribution in [2.45, 2.75) is 38.2 Å². The fourth-order valence-electron chi connectivity index (χ4n) is 2.96. The van der Waals surface area contributed by atoms with Gasteiger partial charge in [-0.05, 0) is 6.04 Å². The number of amides is 3. The van der Waals surface area contributed by atoms with Crippen LogP contribution in [0.1, 0.15) is 6.42 Å². The molecular weight excluding hydrogens is 426 g/mol. The predicted molar refractivity (Wildman–Crippen MR) is 112 cm³/mol. The second-order valence-electron chi connectivity index (χ2n) is 8.45. The number of fused-ring (bicyclic) bond motifs is 1. The quantitative estimate of drug-likeness (QED) is 0.420. The third-order valence-electron chi connectivity index (χ3n) is 4.71. The molecule has 2 aliphatic heterocycles. The van der Waals surface area contributed by atoms with Crippen LogP contribution in [0.15, 0.2) is 6.20 Å². The number of carbonyl (C=O) groups excluding carboxylic acids is 2. The Kier molecular flexibility index (Phi) is 6.95. The number of hydrogen-bond acceptors (Lipinski definition) is 8. The lowest BCUT2D eigenvalue weighted by atomic mass is 10.2. The lowest BCUT2D eigenvalue weighted by Gasteiger charge is -2.28. The number of anilines is 2. The average molecular weight is 454 g/mol. The van der Waals surface area contributed by atoms with Crippen molar-refractivity contribution < 1.29 is 33.7 Å². The van der Waals surface area contributed by atoms with Crippen molar-refractivity contribution in [2.24, 2.45) is 0 Å². The topological polar surface area (TPSA) is 143 Å². The van der Waals surface area contributed by atoms with Gasteiger partial charge in [0.25, 0.3) is 11.8 Å². The summed E-state index contributed by atoms with van der Waals surface area (Å²) >= 11 is 0. The molecule has 2 N–H and O–H groups in total. The second-order valence-corrected chi connectivity index (χ2v) is 14.1. The molecule has 0 radical (unpaired) electrons. The maximum absolute atomic E-state index is 12.4. The van der Waals surface area contributed by atoms with E-state index in [1.165, 1.54) is 16.0 Å². The summed E-state index contributed by atoms with van der Waals surface area (Å²) in [6, 6.07) is 0.960. The predicted octanol–water partition coefficient (Wildman–Crippen LogP) is 1.50. The molecule has 0 aliphatic carbocycles. The maximum Gasteiger partial charge on any atom is 0.415 e. The highest BCUT2D eigenvalue weighted by Gasteiger charge is 2.35. The third-order valence-corrected chi connectivity index (χ3v) is 6.41. The number of nitrogens with zero attached hydrogens (tertiary/aromatic N) is 4. The molecule has 0 bridgehead atoms. The molecule has 1 aromatic heterocycles. The van der Waals surface area contributed by atoms with Gasteiger partial charge in [0.15, 0.2) is 12.4 Å². The summed E-state index contributed by atoms with van der Waals surface area (Å²) in [7, 11) is -1.27. The molecule has 0 aromatic carbocycles. The Morgan fingerprint density at radius 3 is 2.87 bits per heavy atom. The summed E-state index contributed by atoms with van der Waals surface area (Å²) in [5.41, 5.74) is 0. The van der Waals surface area contributed by atoms with E-state index in [1.54, 1.807) is 0 Å². The first kappa shape index (κ1) is 22.7. The molecular formula is C18H27N5O7Si. The van der Waals surface area contributed by atoms with Crippen molar-refractivity contribution in [3.8, 4) is 5.88 Å². The second kappa shape index (κ2) is 9.47. The largest absolute Gasteiger partial charge is 0.465 e. The van der Waals surface area contributed by atoms with Crippen LogP contribution in [0.25, 0.3) is 0 Å². The number of aromatic nitrogens is 2. The van der Waals surface area contributed by atoms with Gasteiger partial charge in [-0.25, -0.2) is 19.6 Å². The Bertz CT molecular complexity index is 847. The van der Waals surface area contributed by atoms with Crippen LogP contribution in [-0.2, 0) is 14.3 Å². The Hall–Kier alpha value is -2.93. The van der Waals surface area contributed by atoms with E-state index in [0.717, 1.165) is 6.04 Å². The minimum Gasteiger partial charge on any atom is -0.465 e. The highest BCUT2D eigenvalue weighted by Crippen LogP contribution is 2.31. The fraction of sp³-hybridized carbons (Fsp3) is 0.611. The van der Waals surface area contributed by atoms with E-state index < -0.39 is 26.4 Å². The molecule has 3 amide bonds. The van der Waals surface area contributed by atoms with Crippen molar-refractivity contribution in [1.82, 2.24) is 15.3 Å². The number of nitrogens with one attached hydrogen (secondary N) is 1. The molecule has 2 aliphatic rings. The molecule has 1 unspecified atom stereocenters. The maximum atomic E-state index is 12.4. The number of carbonyl (C=O) groups is 3. The van der Waals surface area contributed by atoms with E-state index in [-0.39, 0.29) is 49.9 Å². The molecule has 170 valence electrons. The highest BCUT2D eigenvalue weighted by atomic mass is 28.3. The number of carboxylic acid groups (broad SMARTS) is 1. The van der Waals surface area contributed by atoms with Crippen LogP contribution in [0.5, 0.6) is 5.88 Å². The van der Waals surface area contributed by atoms with Crippen LogP contribution in [-0.4, -0.2) is 80.4 Å². The Labute approximate surface area is 180 Å². The molecule has 1 atom stereocenters. The van der Waals surface area contributed by atoms with Gasteiger partial charge < -0.3 is 24.6 Å². The zero-order valence-electron chi connectivity index (χ0n) is 17.8. The molecule has 1 fully saturated rings. The highest BCUT2D eigenvalue weighted by molar-refractivity contribution is 6.76. The van der Waals surface area contributed by atoms with Crippen molar-refractivity contribution in [3.63, 3.8) is 0 Å².